The molecule has 0 saturated heterocycles. The molecule has 2 aromatic rings. The molecule has 0 aliphatic rings. The number of carbonyl (C=O) groups is 2. The predicted octanol–water partition coefficient (Wildman–Crippen LogP) is 4.50. The first-order valence-electron chi connectivity index (χ1n) is 5.53. The van der Waals surface area contributed by atoms with Gasteiger partial charge in [0.05, 0.1) is 20.8 Å². The molecule has 0 fully saturated rings. The number of rotatable bonds is 4. The van der Waals surface area contributed by atoms with Gasteiger partial charge in [-0.25, -0.2) is 0 Å². The van der Waals surface area contributed by atoms with Crippen molar-refractivity contribution in [1.29, 1.82) is 0 Å². The lowest BCUT2D eigenvalue weighted by Gasteiger charge is -2.02. The van der Waals surface area contributed by atoms with E-state index >= 15 is 0 Å². The number of hydrogen-bond donors (Lipinski definition) is 1. The molecule has 1 atom stereocenters. The van der Waals surface area contributed by atoms with Crippen molar-refractivity contribution in [3.63, 3.8) is 0 Å². The number of carbonyl (C=O) groups excluding carboxylic acids is 1. The van der Waals surface area contributed by atoms with E-state index in [-0.39, 0.29) is 12.2 Å². The predicted molar refractivity (Wildman–Crippen MR) is 77.6 cm³/mol. The number of benzene rings is 1. The second-order valence-corrected chi connectivity index (χ2v) is 6.18. The van der Waals surface area contributed by atoms with Gasteiger partial charge in [0.25, 0.3) is 0 Å². The normalized spacial score (nSPS) is 12.6. The van der Waals surface area contributed by atoms with E-state index in [2.05, 4.69) is 0 Å². The third-order valence-corrected chi connectivity index (χ3v) is 4.61. The Morgan fingerprint density at radius 2 is 1.89 bits per heavy atom. The molecule has 0 radical (unpaired) electrons. The second-order valence-electron chi connectivity index (χ2n) is 4.28. The van der Waals surface area contributed by atoms with Crippen LogP contribution in [0.15, 0.2) is 18.2 Å². The number of Topliss-reactive ketones (excluding diaryl/α,β-unsaturated/α-hetero) is 1. The summed E-state index contributed by atoms with van der Waals surface area (Å²) in [5.74, 6) is -1.84. The molecule has 2 rings (SSSR count). The number of aliphatic carboxylic acids is 1. The first kappa shape index (κ1) is 14.3. The highest BCUT2D eigenvalue weighted by molar-refractivity contribution is 7.20. The zero-order valence-electron chi connectivity index (χ0n) is 9.94. The van der Waals surface area contributed by atoms with Crippen molar-refractivity contribution in [2.45, 2.75) is 13.3 Å². The minimum absolute atomic E-state index is 0.0103. The van der Waals surface area contributed by atoms with Crippen molar-refractivity contribution >= 4 is 56.4 Å². The Morgan fingerprint density at radius 3 is 2.53 bits per heavy atom. The minimum atomic E-state index is -0.972. The molecule has 6 heteroatoms. The third kappa shape index (κ3) is 3.08. The number of carboxylic acids is 1. The van der Waals surface area contributed by atoms with E-state index in [1.807, 2.05) is 0 Å². The fourth-order valence-electron chi connectivity index (χ4n) is 1.64. The van der Waals surface area contributed by atoms with Gasteiger partial charge in [0, 0.05) is 11.1 Å². The lowest BCUT2D eigenvalue weighted by molar-refractivity contribution is -0.141. The zero-order valence-corrected chi connectivity index (χ0v) is 12.3. The van der Waals surface area contributed by atoms with Crippen LogP contribution in [-0.2, 0) is 4.79 Å². The molecule has 1 heterocycles. The lowest BCUT2D eigenvalue weighted by atomic mass is 10.0. The van der Waals surface area contributed by atoms with E-state index in [1.165, 1.54) is 18.3 Å². The van der Waals surface area contributed by atoms with Crippen molar-refractivity contribution < 1.29 is 14.7 Å². The quantitative estimate of drug-likeness (QED) is 0.845. The summed E-state index contributed by atoms with van der Waals surface area (Å²) in [6, 6.07) is 5.13. The minimum Gasteiger partial charge on any atom is -0.481 e. The Morgan fingerprint density at radius 1 is 1.26 bits per heavy atom. The Balaban J connectivity index is 2.31. The molecule has 100 valence electrons. The molecule has 1 unspecified atom stereocenters. The largest absolute Gasteiger partial charge is 0.481 e. The standard InChI is InChI=1S/C13H10Cl2O3S/c1-6(13(17)18)2-10(16)12-4-7-3-8(14)9(15)5-11(7)19-12/h3-6H,2H2,1H3,(H,17,18). The van der Waals surface area contributed by atoms with Crippen LogP contribution in [-0.4, -0.2) is 16.9 Å². The molecule has 0 saturated carbocycles. The van der Waals surface area contributed by atoms with Gasteiger partial charge in [0.15, 0.2) is 5.78 Å². The van der Waals surface area contributed by atoms with Gasteiger partial charge < -0.3 is 5.11 Å². The maximum atomic E-state index is 12.0. The zero-order chi connectivity index (χ0) is 14.2. The smallest absolute Gasteiger partial charge is 0.306 e. The molecule has 0 amide bonds. The van der Waals surface area contributed by atoms with Crippen molar-refractivity contribution in [3.05, 3.63) is 33.1 Å². The van der Waals surface area contributed by atoms with E-state index in [4.69, 9.17) is 28.3 Å². The highest BCUT2D eigenvalue weighted by atomic mass is 35.5. The SMILES string of the molecule is CC(CC(=O)c1cc2cc(Cl)c(Cl)cc2s1)C(=O)O. The molecule has 0 spiro atoms. The maximum Gasteiger partial charge on any atom is 0.306 e. The maximum absolute atomic E-state index is 12.0. The molecular weight excluding hydrogens is 307 g/mol. The molecule has 1 N–H and O–H groups in total. The molecule has 0 aliphatic carbocycles. The van der Waals surface area contributed by atoms with E-state index < -0.39 is 11.9 Å². The van der Waals surface area contributed by atoms with Crippen molar-refractivity contribution in [3.8, 4) is 0 Å². The van der Waals surface area contributed by atoms with E-state index in [0.717, 1.165) is 10.1 Å². The van der Waals surface area contributed by atoms with Gasteiger partial charge in [-0.1, -0.05) is 30.1 Å². The summed E-state index contributed by atoms with van der Waals surface area (Å²) < 4.78 is 0.862. The topological polar surface area (TPSA) is 54.4 Å². The van der Waals surface area contributed by atoms with E-state index in [9.17, 15) is 9.59 Å². The lowest BCUT2D eigenvalue weighted by Crippen LogP contribution is -2.13. The van der Waals surface area contributed by atoms with Crippen LogP contribution in [0.25, 0.3) is 10.1 Å². The summed E-state index contributed by atoms with van der Waals surface area (Å²) in [6.07, 6.45) is -0.0103. The monoisotopic (exact) mass is 316 g/mol. The van der Waals surface area contributed by atoms with Gasteiger partial charge >= 0.3 is 5.97 Å². The molecule has 0 bridgehead atoms. The summed E-state index contributed by atoms with van der Waals surface area (Å²) in [4.78, 5) is 23.3. The van der Waals surface area contributed by atoms with Crippen LogP contribution in [0.3, 0.4) is 0 Å². The summed E-state index contributed by atoms with van der Waals surface area (Å²) in [6.45, 7) is 1.52. The highest BCUT2D eigenvalue weighted by Crippen LogP contribution is 2.33. The Hall–Kier alpha value is -1.10. The molecule has 0 aliphatic heterocycles. The van der Waals surface area contributed by atoms with Crippen molar-refractivity contribution in [2.75, 3.05) is 0 Å². The number of thiophene rings is 1. The van der Waals surface area contributed by atoms with E-state index in [1.54, 1.807) is 18.2 Å². The van der Waals surface area contributed by atoms with E-state index in [0.29, 0.717) is 14.9 Å². The van der Waals surface area contributed by atoms with Crippen molar-refractivity contribution in [2.24, 2.45) is 5.92 Å². The van der Waals surface area contributed by atoms with Crippen LogP contribution in [0.1, 0.15) is 23.0 Å². The Kier molecular flexibility index (Phi) is 4.13. The van der Waals surface area contributed by atoms with Crippen LogP contribution >= 0.6 is 34.5 Å². The van der Waals surface area contributed by atoms with Gasteiger partial charge in [-0.2, -0.15) is 0 Å². The van der Waals surface area contributed by atoms with Crippen LogP contribution in [0.4, 0.5) is 0 Å². The summed E-state index contributed by atoms with van der Waals surface area (Å²) >= 11 is 13.1. The number of hydrogen-bond acceptors (Lipinski definition) is 3. The van der Waals surface area contributed by atoms with Gasteiger partial charge in [-0.15, -0.1) is 11.3 Å². The number of halogens is 2. The molecule has 1 aromatic heterocycles. The van der Waals surface area contributed by atoms with Gasteiger partial charge in [-0.3, -0.25) is 9.59 Å². The first-order valence-corrected chi connectivity index (χ1v) is 7.10. The van der Waals surface area contributed by atoms with Gasteiger partial charge in [-0.05, 0) is 23.6 Å². The molecule has 1 aromatic carbocycles. The van der Waals surface area contributed by atoms with Crippen LogP contribution in [0.2, 0.25) is 10.0 Å². The van der Waals surface area contributed by atoms with Crippen LogP contribution < -0.4 is 0 Å². The third-order valence-electron chi connectivity index (χ3n) is 2.75. The van der Waals surface area contributed by atoms with Gasteiger partial charge in [0.2, 0.25) is 0 Å². The Labute approximate surface area is 123 Å². The van der Waals surface area contributed by atoms with Crippen molar-refractivity contribution in [1.82, 2.24) is 0 Å². The highest BCUT2D eigenvalue weighted by Gasteiger charge is 2.19. The molecule has 3 nitrogen and oxygen atoms in total. The average molecular weight is 317 g/mol. The average Bonchev–Trinajstić information content (AvgIpc) is 2.72. The number of carboxylic acid groups (broad SMARTS) is 1. The number of ketones is 1. The summed E-state index contributed by atoms with van der Waals surface area (Å²) in [7, 11) is 0. The fraction of sp³-hybridized carbons (Fsp3) is 0.231. The molecular formula is C13H10Cl2O3S. The number of fused-ring (bicyclic) bond motifs is 1. The first-order chi connectivity index (χ1) is 8.88. The Bertz CT molecular complexity index is 624. The summed E-state index contributed by atoms with van der Waals surface area (Å²) in [5.41, 5.74) is 0. The second kappa shape index (κ2) is 5.49. The van der Waals surface area contributed by atoms with Crippen LogP contribution in [0.5, 0.6) is 0 Å². The fourth-order valence-corrected chi connectivity index (χ4v) is 3.07. The van der Waals surface area contributed by atoms with Crippen LogP contribution in [0, 0.1) is 5.92 Å². The summed E-state index contributed by atoms with van der Waals surface area (Å²) in [5, 5.41) is 10.5. The molecule has 19 heavy (non-hydrogen) atoms. The van der Waals surface area contributed by atoms with Gasteiger partial charge in [0.1, 0.15) is 0 Å².